The van der Waals surface area contributed by atoms with E-state index in [0.717, 1.165) is 6.42 Å². The molecule has 1 amide bonds. The minimum Gasteiger partial charge on any atom is -0.482 e. The van der Waals surface area contributed by atoms with Crippen LogP contribution >= 0.6 is 11.3 Å². The average Bonchev–Trinajstić information content (AvgIpc) is 3.02. The van der Waals surface area contributed by atoms with Crippen LogP contribution < -0.4 is 4.74 Å². The third-order valence-corrected chi connectivity index (χ3v) is 4.98. The first kappa shape index (κ1) is 15.6. The van der Waals surface area contributed by atoms with Crippen LogP contribution in [-0.4, -0.2) is 35.0 Å². The number of carbonyl (C=O) groups excluding carboxylic acids is 1. The van der Waals surface area contributed by atoms with Gasteiger partial charge >= 0.3 is 5.97 Å². The number of ether oxygens (including phenoxy) is 1. The second-order valence-corrected chi connectivity index (χ2v) is 6.43. The lowest BCUT2D eigenvalue weighted by molar-refractivity contribution is -0.139. The first-order valence-corrected chi connectivity index (χ1v) is 8.26. The quantitative estimate of drug-likeness (QED) is 0.935. The third-order valence-electron chi connectivity index (χ3n) is 3.98. The monoisotopic (exact) mass is 331 g/mol. The van der Waals surface area contributed by atoms with Crippen LogP contribution in [0.4, 0.5) is 0 Å². The van der Waals surface area contributed by atoms with E-state index in [1.807, 2.05) is 11.8 Å². The molecule has 2 aromatic rings. The number of carbonyl (C=O) groups is 2. The van der Waals surface area contributed by atoms with Crippen LogP contribution in [0, 0.1) is 0 Å². The molecule has 1 atom stereocenters. The van der Waals surface area contributed by atoms with Crippen LogP contribution in [0.25, 0.3) is 0 Å². The van der Waals surface area contributed by atoms with Crippen molar-refractivity contribution in [2.45, 2.75) is 19.4 Å². The zero-order chi connectivity index (χ0) is 16.4. The molecule has 6 heteroatoms. The Kier molecular flexibility index (Phi) is 4.34. The van der Waals surface area contributed by atoms with E-state index in [9.17, 15) is 9.59 Å². The minimum atomic E-state index is -1.05. The maximum absolute atomic E-state index is 12.8. The second-order valence-electron chi connectivity index (χ2n) is 5.43. The summed E-state index contributed by atoms with van der Waals surface area (Å²) in [5.74, 6) is -0.717. The second kappa shape index (κ2) is 6.42. The van der Waals surface area contributed by atoms with Crippen molar-refractivity contribution >= 4 is 23.2 Å². The molecule has 1 aromatic carbocycles. The fourth-order valence-electron chi connectivity index (χ4n) is 2.82. The summed E-state index contributed by atoms with van der Waals surface area (Å²) >= 11 is 1.74. The first-order valence-electron chi connectivity index (χ1n) is 7.38. The standard InChI is InChI=1S/C17H17NO4S/c1-11-14-6-8-23-15(14)5-7-18(11)17(21)12-3-2-4-13(9-12)22-10-16(19)20/h2-4,6,8-9,11H,5,7,10H2,1H3,(H,19,20). The number of hydrogen-bond acceptors (Lipinski definition) is 4. The summed E-state index contributed by atoms with van der Waals surface area (Å²) in [6, 6.07) is 8.80. The van der Waals surface area contributed by atoms with Crippen LogP contribution in [0.1, 0.15) is 33.8 Å². The van der Waals surface area contributed by atoms with Gasteiger partial charge in [-0.15, -0.1) is 11.3 Å². The number of aliphatic carboxylic acids is 1. The van der Waals surface area contributed by atoms with E-state index in [4.69, 9.17) is 9.84 Å². The number of carboxylic acids is 1. The Morgan fingerprint density at radius 3 is 3.00 bits per heavy atom. The average molecular weight is 331 g/mol. The number of amides is 1. The topological polar surface area (TPSA) is 66.8 Å². The van der Waals surface area contributed by atoms with Gasteiger partial charge in [0, 0.05) is 17.0 Å². The number of nitrogens with zero attached hydrogens (tertiary/aromatic N) is 1. The van der Waals surface area contributed by atoms with E-state index in [-0.39, 0.29) is 11.9 Å². The molecule has 1 N–H and O–H groups in total. The highest BCUT2D eigenvalue weighted by atomic mass is 32.1. The van der Waals surface area contributed by atoms with Crippen molar-refractivity contribution in [3.8, 4) is 5.75 Å². The van der Waals surface area contributed by atoms with Crippen molar-refractivity contribution in [3.05, 3.63) is 51.7 Å². The van der Waals surface area contributed by atoms with Gasteiger partial charge in [-0.3, -0.25) is 4.79 Å². The summed E-state index contributed by atoms with van der Waals surface area (Å²) < 4.78 is 5.15. The van der Waals surface area contributed by atoms with E-state index < -0.39 is 12.6 Å². The Bertz CT molecular complexity index is 740. The molecule has 1 unspecified atom stereocenters. The largest absolute Gasteiger partial charge is 0.482 e. The number of hydrogen-bond donors (Lipinski definition) is 1. The van der Waals surface area contributed by atoms with Gasteiger partial charge in [0.05, 0.1) is 6.04 Å². The first-order chi connectivity index (χ1) is 11.1. The highest BCUT2D eigenvalue weighted by Crippen LogP contribution is 2.33. The Labute approximate surface area is 138 Å². The molecule has 5 nitrogen and oxygen atoms in total. The number of thiophene rings is 1. The molecule has 0 radical (unpaired) electrons. The van der Waals surface area contributed by atoms with E-state index in [2.05, 4.69) is 11.4 Å². The zero-order valence-electron chi connectivity index (χ0n) is 12.7. The van der Waals surface area contributed by atoms with Gasteiger partial charge < -0.3 is 14.7 Å². The maximum atomic E-state index is 12.8. The van der Waals surface area contributed by atoms with Crippen molar-refractivity contribution in [1.82, 2.24) is 4.90 Å². The smallest absolute Gasteiger partial charge is 0.341 e. The van der Waals surface area contributed by atoms with Gasteiger partial charge in [-0.25, -0.2) is 4.79 Å². The molecule has 0 aliphatic carbocycles. The predicted molar refractivity (Wildman–Crippen MR) is 87.0 cm³/mol. The molecule has 1 aliphatic rings. The van der Waals surface area contributed by atoms with Gasteiger partial charge in [0.2, 0.25) is 0 Å². The van der Waals surface area contributed by atoms with E-state index in [1.165, 1.54) is 10.4 Å². The maximum Gasteiger partial charge on any atom is 0.341 e. The van der Waals surface area contributed by atoms with Gasteiger partial charge in [0.25, 0.3) is 5.91 Å². The highest BCUT2D eigenvalue weighted by Gasteiger charge is 2.29. The lowest BCUT2D eigenvalue weighted by Gasteiger charge is -2.33. The van der Waals surface area contributed by atoms with Crippen molar-refractivity contribution < 1.29 is 19.4 Å². The van der Waals surface area contributed by atoms with Crippen LogP contribution in [0.2, 0.25) is 0 Å². The summed E-state index contributed by atoms with van der Waals surface area (Å²) in [5.41, 5.74) is 1.73. The molecule has 3 rings (SSSR count). The molecule has 1 aliphatic heterocycles. The number of rotatable bonds is 4. The Balaban J connectivity index is 1.78. The van der Waals surface area contributed by atoms with Gasteiger partial charge in [0.15, 0.2) is 6.61 Å². The van der Waals surface area contributed by atoms with Crippen LogP contribution in [0.15, 0.2) is 35.7 Å². The van der Waals surface area contributed by atoms with Crippen LogP contribution in [-0.2, 0) is 11.2 Å². The summed E-state index contributed by atoms with van der Waals surface area (Å²) in [6.45, 7) is 2.30. The van der Waals surface area contributed by atoms with E-state index in [0.29, 0.717) is 17.9 Å². The number of benzene rings is 1. The third kappa shape index (κ3) is 3.22. The molecule has 0 spiro atoms. The van der Waals surface area contributed by atoms with Crippen molar-refractivity contribution in [3.63, 3.8) is 0 Å². The molecule has 2 heterocycles. The fourth-order valence-corrected chi connectivity index (χ4v) is 3.78. The van der Waals surface area contributed by atoms with Crippen LogP contribution in [0.5, 0.6) is 5.75 Å². The minimum absolute atomic E-state index is 0.0427. The molecule has 120 valence electrons. The molecular formula is C17H17NO4S. The Hall–Kier alpha value is -2.34. The molecule has 0 fully saturated rings. The number of fused-ring (bicyclic) bond motifs is 1. The Morgan fingerprint density at radius 1 is 1.39 bits per heavy atom. The Morgan fingerprint density at radius 2 is 2.22 bits per heavy atom. The highest BCUT2D eigenvalue weighted by molar-refractivity contribution is 7.10. The fraction of sp³-hybridized carbons (Fsp3) is 0.294. The summed E-state index contributed by atoms with van der Waals surface area (Å²) in [4.78, 5) is 26.6. The summed E-state index contributed by atoms with van der Waals surface area (Å²) in [5, 5.41) is 10.7. The van der Waals surface area contributed by atoms with E-state index in [1.54, 1.807) is 35.6 Å². The lowest BCUT2D eigenvalue weighted by atomic mass is 10.0. The van der Waals surface area contributed by atoms with Crippen molar-refractivity contribution in [2.24, 2.45) is 0 Å². The van der Waals surface area contributed by atoms with Gasteiger partial charge in [0.1, 0.15) is 5.75 Å². The molecule has 0 saturated carbocycles. The summed E-state index contributed by atoms with van der Waals surface area (Å²) in [6.07, 6.45) is 0.873. The number of carboxylic acid groups (broad SMARTS) is 1. The molecule has 23 heavy (non-hydrogen) atoms. The van der Waals surface area contributed by atoms with E-state index >= 15 is 0 Å². The van der Waals surface area contributed by atoms with Crippen molar-refractivity contribution in [1.29, 1.82) is 0 Å². The molecule has 1 aromatic heterocycles. The SMILES string of the molecule is CC1c2ccsc2CCN1C(=O)c1cccc(OCC(=O)O)c1. The molecular weight excluding hydrogens is 314 g/mol. The zero-order valence-corrected chi connectivity index (χ0v) is 13.5. The normalized spacial score (nSPS) is 16.7. The van der Waals surface area contributed by atoms with Crippen molar-refractivity contribution in [2.75, 3.05) is 13.2 Å². The van der Waals surface area contributed by atoms with Gasteiger partial charge in [-0.1, -0.05) is 6.07 Å². The predicted octanol–water partition coefficient (Wildman–Crippen LogP) is 2.97. The van der Waals surface area contributed by atoms with Gasteiger partial charge in [-0.2, -0.15) is 0 Å². The molecule has 0 saturated heterocycles. The van der Waals surface area contributed by atoms with Gasteiger partial charge in [-0.05, 0) is 48.6 Å². The molecule has 0 bridgehead atoms. The summed E-state index contributed by atoms with van der Waals surface area (Å²) in [7, 11) is 0. The lowest BCUT2D eigenvalue weighted by Crippen LogP contribution is -2.38. The van der Waals surface area contributed by atoms with Crippen LogP contribution in [0.3, 0.4) is 0 Å².